The molecule has 0 bridgehead atoms. The van der Waals surface area contributed by atoms with Crippen molar-refractivity contribution in [3.63, 3.8) is 0 Å². The molecule has 0 saturated carbocycles. The summed E-state index contributed by atoms with van der Waals surface area (Å²) in [5, 5.41) is 9.05. The number of thioether (sulfide) groups is 1. The topological polar surface area (TPSA) is 49.4 Å². The third kappa shape index (κ3) is 3.27. The standard InChI is InChI=1S/C18H13ClN2O2S3/c19-13-3-1-2-4-14(13)26-16-17(22)20-21(18(16)23)15(11-5-7-24-9-11)12-6-8-25-10-12/h1-10,15-16H,(H,20,22). The molecule has 4 nitrogen and oxygen atoms in total. The van der Waals surface area contributed by atoms with Crippen LogP contribution in [0.1, 0.15) is 17.2 Å². The summed E-state index contributed by atoms with van der Waals surface area (Å²) in [6.45, 7) is 0. The van der Waals surface area contributed by atoms with E-state index < -0.39 is 5.25 Å². The van der Waals surface area contributed by atoms with Crippen LogP contribution >= 0.6 is 46.0 Å². The zero-order valence-corrected chi connectivity index (χ0v) is 16.5. The molecular formula is C18H13ClN2O2S3. The first-order valence-corrected chi connectivity index (χ1v) is 10.9. The number of hydrazine groups is 1. The smallest absolute Gasteiger partial charge is 0.265 e. The molecule has 8 heteroatoms. The fraction of sp³-hybridized carbons (Fsp3) is 0.111. The van der Waals surface area contributed by atoms with Crippen molar-refractivity contribution in [2.45, 2.75) is 16.2 Å². The maximum atomic E-state index is 13.0. The van der Waals surface area contributed by atoms with Crippen LogP contribution in [0, 0.1) is 0 Å². The average Bonchev–Trinajstić information content (AvgIpc) is 3.38. The van der Waals surface area contributed by atoms with Gasteiger partial charge in [-0.3, -0.25) is 15.0 Å². The van der Waals surface area contributed by atoms with Crippen molar-refractivity contribution >= 4 is 57.9 Å². The Morgan fingerprint density at radius 2 is 1.69 bits per heavy atom. The SMILES string of the molecule is O=C1NN(C(c2ccsc2)c2ccsc2)C(=O)C1Sc1ccccc1Cl. The number of nitrogens with zero attached hydrogens (tertiary/aromatic N) is 1. The van der Waals surface area contributed by atoms with E-state index in [0.717, 1.165) is 11.1 Å². The molecule has 1 fully saturated rings. The van der Waals surface area contributed by atoms with Crippen LogP contribution in [0.15, 0.2) is 62.8 Å². The molecule has 1 aliphatic heterocycles. The number of hydrogen-bond acceptors (Lipinski definition) is 5. The van der Waals surface area contributed by atoms with Gasteiger partial charge >= 0.3 is 0 Å². The molecule has 1 aliphatic rings. The van der Waals surface area contributed by atoms with Crippen LogP contribution in [0.2, 0.25) is 5.02 Å². The Bertz CT molecular complexity index is 894. The van der Waals surface area contributed by atoms with Gasteiger partial charge in [-0.1, -0.05) is 23.7 Å². The van der Waals surface area contributed by atoms with E-state index in [1.165, 1.54) is 16.8 Å². The Morgan fingerprint density at radius 1 is 1.04 bits per heavy atom. The first kappa shape index (κ1) is 17.6. The van der Waals surface area contributed by atoms with Crippen molar-refractivity contribution in [2.75, 3.05) is 0 Å². The Labute approximate surface area is 167 Å². The van der Waals surface area contributed by atoms with Gasteiger partial charge < -0.3 is 0 Å². The monoisotopic (exact) mass is 420 g/mol. The summed E-state index contributed by atoms with van der Waals surface area (Å²) in [5.41, 5.74) is 4.71. The van der Waals surface area contributed by atoms with E-state index in [1.54, 1.807) is 28.7 Å². The van der Waals surface area contributed by atoms with Gasteiger partial charge in [0.25, 0.3) is 11.8 Å². The van der Waals surface area contributed by atoms with E-state index in [4.69, 9.17) is 11.6 Å². The lowest BCUT2D eigenvalue weighted by Crippen LogP contribution is -2.39. The Hall–Kier alpha value is -1.80. The van der Waals surface area contributed by atoms with Crippen LogP contribution in [0.5, 0.6) is 0 Å². The molecule has 26 heavy (non-hydrogen) atoms. The summed E-state index contributed by atoms with van der Waals surface area (Å²) in [5.74, 6) is -0.585. The molecule has 2 amide bonds. The number of benzene rings is 1. The molecular weight excluding hydrogens is 408 g/mol. The predicted octanol–water partition coefficient (Wildman–Crippen LogP) is 4.59. The third-order valence-corrected chi connectivity index (χ3v) is 7.09. The highest BCUT2D eigenvalue weighted by molar-refractivity contribution is 8.01. The summed E-state index contributed by atoms with van der Waals surface area (Å²) in [6.07, 6.45) is 0. The van der Waals surface area contributed by atoms with Crippen LogP contribution in [0.4, 0.5) is 0 Å². The third-order valence-electron chi connectivity index (χ3n) is 3.99. The molecule has 0 aliphatic carbocycles. The Kier molecular flexibility index (Phi) is 5.04. The fourth-order valence-electron chi connectivity index (χ4n) is 2.79. The number of amides is 2. The van der Waals surface area contributed by atoms with E-state index in [2.05, 4.69) is 5.43 Å². The maximum Gasteiger partial charge on any atom is 0.265 e. The van der Waals surface area contributed by atoms with Crippen molar-refractivity contribution in [1.29, 1.82) is 0 Å². The number of hydrogen-bond donors (Lipinski definition) is 1. The number of carbonyl (C=O) groups is 2. The van der Waals surface area contributed by atoms with Crippen molar-refractivity contribution in [1.82, 2.24) is 10.4 Å². The van der Waals surface area contributed by atoms with Crippen LogP contribution in [-0.2, 0) is 9.59 Å². The quantitative estimate of drug-likeness (QED) is 0.614. The van der Waals surface area contributed by atoms with E-state index in [9.17, 15) is 9.59 Å². The lowest BCUT2D eigenvalue weighted by molar-refractivity contribution is -0.131. The molecule has 132 valence electrons. The molecule has 0 radical (unpaired) electrons. The van der Waals surface area contributed by atoms with Gasteiger partial charge in [0.1, 0.15) is 6.04 Å². The normalized spacial score (nSPS) is 17.2. The minimum Gasteiger partial charge on any atom is -0.271 e. The first-order chi connectivity index (χ1) is 12.6. The Balaban J connectivity index is 1.64. The highest BCUT2D eigenvalue weighted by atomic mass is 35.5. The zero-order valence-electron chi connectivity index (χ0n) is 13.3. The minimum absolute atomic E-state index is 0.262. The molecule has 1 saturated heterocycles. The molecule has 2 aromatic heterocycles. The van der Waals surface area contributed by atoms with E-state index in [0.29, 0.717) is 9.92 Å². The van der Waals surface area contributed by atoms with Crippen LogP contribution < -0.4 is 5.43 Å². The van der Waals surface area contributed by atoms with Gasteiger partial charge in [-0.25, -0.2) is 5.01 Å². The van der Waals surface area contributed by atoms with E-state index in [1.807, 2.05) is 51.9 Å². The lowest BCUT2D eigenvalue weighted by Gasteiger charge is -2.26. The molecule has 3 aromatic rings. The van der Waals surface area contributed by atoms with Gasteiger partial charge in [-0.05, 0) is 56.9 Å². The van der Waals surface area contributed by atoms with Gasteiger partial charge in [0.2, 0.25) is 0 Å². The molecule has 4 rings (SSSR count). The second-order valence-electron chi connectivity index (χ2n) is 5.63. The maximum absolute atomic E-state index is 13.0. The predicted molar refractivity (Wildman–Crippen MR) is 107 cm³/mol. The van der Waals surface area contributed by atoms with Gasteiger partial charge in [-0.15, -0.1) is 11.8 Å². The number of rotatable bonds is 5. The second kappa shape index (κ2) is 7.44. The summed E-state index contributed by atoms with van der Waals surface area (Å²) < 4.78 is 0. The molecule has 1 aromatic carbocycles. The van der Waals surface area contributed by atoms with Crippen LogP contribution in [0.3, 0.4) is 0 Å². The highest BCUT2D eigenvalue weighted by Gasteiger charge is 2.44. The van der Waals surface area contributed by atoms with Gasteiger partial charge in [-0.2, -0.15) is 22.7 Å². The first-order valence-electron chi connectivity index (χ1n) is 7.74. The molecule has 3 heterocycles. The summed E-state index contributed by atoms with van der Waals surface area (Å²) in [6, 6.07) is 10.8. The second-order valence-corrected chi connectivity index (χ2v) is 8.74. The summed E-state index contributed by atoms with van der Waals surface area (Å²) >= 11 is 10.5. The zero-order chi connectivity index (χ0) is 18.1. The van der Waals surface area contributed by atoms with Crippen LogP contribution in [-0.4, -0.2) is 22.1 Å². The Morgan fingerprint density at radius 3 is 2.27 bits per heavy atom. The molecule has 1 unspecified atom stereocenters. The van der Waals surface area contributed by atoms with Crippen molar-refractivity contribution in [3.05, 3.63) is 74.1 Å². The highest BCUT2D eigenvalue weighted by Crippen LogP contribution is 2.37. The largest absolute Gasteiger partial charge is 0.271 e. The summed E-state index contributed by atoms with van der Waals surface area (Å²) in [7, 11) is 0. The lowest BCUT2D eigenvalue weighted by atomic mass is 10.0. The van der Waals surface area contributed by atoms with Crippen molar-refractivity contribution in [2.24, 2.45) is 0 Å². The minimum atomic E-state index is -0.852. The number of thiophene rings is 2. The molecule has 0 spiro atoms. The van der Waals surface area contributed by atoms with E-state index >= 15 is 0 Å². The fourth-order valence-corrected chi connectivity index (χ4v) is 5.38. The van der Waals surface area contributed by atoms with Gasteiger partial charge in [0.15, 0.2) is 5.25 Å². The van der Waals surface area contributed by atoms with Crippen molar-refractivity contribution < 1.29 is 9.59 Å². The van der Waals surface area contributed by atoms with Crippen LogP contribution in [0.25, 0.3) is 0 Å². The average molecular weight is 421 g/mol. The number of halogens is 1. The number of nitrogens with one attached hydrogen (secondary N) is 1. The number of carbonyl (C=O) groups excluding carboxylic acids is 2. The van der Waals surface area contributed by atoms with Gasteiger partial charge in [0, 0.05) is 4.90 Å². The van der Waals surface area contributed by atoms with Crippen molar-refractivity contribution in [3.8, 4) is 0 Å². The van der Waals surface area contributed by atoms with E-state index in [-0.39, 0.29) is 17.9 Å². The molecule has 1 N–H and O–H groups in total. The molecule has 1 atom stereocenters. The summed E-state index contributed by atoms with van der Waals surface area (Å²) in [4.78, 5) is 26.3. The van der Waals surface area contributed by atoms with Gasteiger partial charge in [0.05, 0.1) is 5.02 Å².